The molecule has 1 unspecified atom stereocenters. The van der Waals surface area contributed by atoms with E-state index in [4.69, 9.17) is 4.74 Å². The molecule has 3 atom stereocenters. The van der Waals surface area contributed by atoms with Crippen LogP contribution in [0.3, 0.4) is 0 Å². The van der Waals surface area contributed by atoms with Crippen molar-refractivity contribution in [3.8, 4) is 11.1 Å². The lowest BCUT2D eigenvalue weighted by Crippen LogP contribution is -2.54. The number of piperidine rings is 1. The number of esters is 1. The minimum atomic E-state index is -4.46. The molecular weight excluding hydrogens is 511 g/mol. The number of aryl methyl sites for hydroxylation is 2. The summed E-state index contributed by atoms with van der Waals surface area (Å²) in [6.45, 7) is 7.55. The van der Waals surface area contributed by atoms with E-state index in [1.807, 2.05) is 52.0 Å². The van der Waals surface area contributed by atoms with Crippen molar-refractivity contribution in [2.45, 2.75) is 71.6 Å². The highest BCUT2D eigenvalue weighted by Crippen LogP contribution is 2.36. The summed E-state index contributed by atoms with van der Waals surface area (Å²) in [6.07, 6.45) is -2.05. The normalized spacial score (nSPS) is 17.6. The van der Waals surface area contributed by atoms with Gasteiger partial charge in [-0.3, -0.25) is 19.4 Å². The summed E-state index contributed by atoms with van der Waals surface area (Å²) >= 11 is 0. The number of benzene rings is 1. The van der Waals surface area contributed by atoms with Gasteiger partial charge in [0, 0.05) is 30.9 Å². The Hall–Kier alpha value is -3.43. The Kier molecular flexibility index (Phi) is 9.74. The number of carbonyl (C=O) groups is 3. The molecule has 10 heteroatoms. The number of halogens is 3. The van der Waals surface area contributed by atoms with Crippen LogP contribution in [0.4, 0.5) is 13.2 Å². The van der Waals surface area contributed by atoms with Crippen molar-refractivity contribution in [3.63, 3.8) is 0 Å². The molecule has 1 aliphatic rings. The summed E-state index contributed by atoms with van der Waals surface area (Å²) in [6, 6.07) is 5.99. The van der Waals surface area contributed by atoms with Crippen LogP contribution in [-0.4, -0.2) is 53.5 Å². The molecule has 3 rings (SSSR count). The average Bonchev–Trinajstić information content (AvgIpc) is 2.86. The summed E-state index contributed by atoms with van der Waals surface area (Å²) < 4.78 is 44.6. The topological polar surface area (TPSA) is 88.6 Å². The Morgan fingerprint density at radius 3 is 2.41 bits per heavy atom. The lowest BCUT2D eigenvalue weighted by atomic mass is 9.92. The second-order valence-corrected chi connectivity index (χ2v) is 10.6. The second kappa shape index (κ2) is 12.6. The molecule has 212 valence electrons. The molecule has 39 heavy (non-hydrogen) atoms. The van der Waals surface area contributed by atoms with Gasteiger partial charge in [0.1, 0.15) is 6.04 Å². The molecule has 0 radical (unpaired) electrons. The van der Waals surface area contributed by atoms with Gasteiger partial charge in [-0.05, 0) is 60.9 Å². The molecular formula is C29H36F3N3O4. The maximum absolute atomic E-state index is 13.6. The van der Waals surface area contributed by atoms with Crippen LogP contribution in [0.25, 0.3) is 11.1 Å². The number of pyridine rings is 1. The minimum absolute atomic E-state index is 0.0121. The standard InChI is InChI=1S/C29H36F3N3O4/c1-17(2)11-24(35-10-9-22(13-25(35)36)29(30,31)32)28(38)34-23(14-26(37)39-5)20-12-21(16-33-15-20)27-18(3)7-6-8-19(27)4/h6-8,12,15-17,22-24H,9-11,13-14H2,1-5H3,(H,34,38)/t22?,23-,24+/m0/s1. The quantitative estimate of drug-likeness (QED) is 0.431. The fourth-order valence-electron chi connectivity index (χ4n) is 5.11. The monoisotopic (exact) mass is 547 g/mol. The zero-order valence-corrected chi connectivity index (χ0v) is 23.0. The first-order valence-corrected chi connectivity index (χ1v) is 13.1. The van der Waals surface area contributed by atoms with Crippen molar-refractivity contribution in [2.75, 3.05) is 13.7 Å². The van der Waals surface area contributed by atoms with Crippen LogP contribution in [0.1, 0.15) is 62.3 Å². The van der Waals surface area contributed by atoms with E-state index in [0.29, 0.717) is 5.56 Å². The molecule has 1 aliphatic heterocycles. The SMILES string of the molecule is COC(=O)C[C@H](NC(=O)[C@@H](CC(C)C)N1CCC(C(F)(F)F)CC1=O)c1cncc(-c2c(C)cccc2C)c1. The highest BCUT2D eigenvalue weighted by molar-refractivity contribution is 5.89. The number of methoxy groups -OCH3 is 1. The van der Waals surface area contributed by atoms with Gasteiger partial charge in [-0.25, -0.2) is 0 Å². The van der Waals surface area contributed by atoms with Crippen molar-refractivity contribution < 1.29 is 32.3 Å². The molecule has 1 saturated heterocycles. The number of aromatic nitrogens is 1. The van der Waals surface area contributed by atoms with Gasteiger partial charge in [-0.2, -0.15) is 13.2 Å². The lowest BCUT2D eigenvalue weighted by molar-refractivity contribution is -0.191. The molecule has 0 aliphatic carbocycles. The van der Waals surface area contributed by atoms with Crippen LogP contribution in [0.2, 0.25) is 0 Å². The van der Waals surface area contributed by atoms with Gasteiger partial charge in [0.15, 0.2) is 0 Å². The number of ether oxygens (including phenoxy) is 1. The third kappa shape index (κ3) is 7.58. The molecule has 0 bridgehead atoms. The smallest absolute Gasteiger partial charge is 0.392 e. The number of hydrogen-bond acceptors (Lipinski definition) is 5. The minimum Gasteiger partial charge on any atom is -0.469 e. The Morgan fingerprint density at radius 2 is 1.85 bits per heavy atom. The van der Waals surface area contributed by atoms with Crippen molar-refractivity contribution >= 4 is 17.8 Å². The van der Waals surface area contributed by atoms with Crippen molar-refractivity contribution in [2.24, 2.45) is 11.8 Å². The first kappa shape index (κ1) is 30.1. The Bertz CT molecular complexity index is 1180. The third-order valence-corrected chi connectivity index (χ3v) is 7.14. The number of nitrogens with zero attached hydrogens (tertiary/aromatic N) is 2. The van der Waals surface area contributed by atoms with Crippen LogP contribution in [0.5, 0.6) is 0 Å². The van der Waals surface area contributed by atoms with E-state index in [9.17, 15) is 27.6 Å². The molecule has 7 nitrogen and oxygen atoms in total. The van der Waals surface area contributed by atoms with Crippen LogP contribution in [0.15, 0.2) is 36.7 Å². The molecule has 2 heterocycles. The Balaban J connectivity index is 1.91. The lowest BCUT2D eigenvalue weighted by Gasteiger charge is -2.38. The molecule has 1 aromatic carbocycles. The van der Waals surface area contributed by atoms with Crippen LogP contribution in [0, 0.1) is 25.7 Å². The van der Waals surface area contributed by atoms with Gasteiger partial charge < -0.3 is 15.0 Å². The van der Waals surface area contributed by atoms with Crippen LogP contribution >= 0.6 is 0 Å². The van der Waals surface area contributed by atoms with Crippen molar-refractivity contribution in [1.29, 1.82) is 0 Å². The predicted octanol–water partition coefficient (Wildman–Crippen LogP) is 5.30. The maximum atomic E-state index is 13.6. The van der Waals surface area contributed by atoms with E-state index >= 15 is 0 Å². The summed E-state index contributed by atoms with van der Waals surface area (Å²) in [5, 5.41) is 2.88. The fraction of sp³-hybridized carbons (Fsp3) is 0.517. The number of hydrogen-bond donors (Lipinski definition) is 1. The molecule has 2 aromatic rings. The van der Waals surface area contributed by atoms with Gasteiger partial charge >= 0.3 is 12.1 Å². The van der Waals surface area contributed by atoms with E-state index in [1.54, 1.807) is 12.4 Å². The number of likely N-dealkylation sites (tertiary alicyclic amines) is 1. The molecule has 2 amide bonds. The molecule has 0 spiro atoms. The van der Waals surface area contributed by atoms with Gasteiger partial charge in [0.2, 0.25) is 11.8 Å². The third-order valence-electron chi connectivity index (χ3n) is 7.14. The molecule has 0 saturated carbocycles. The van der Waals surface area contributed by atoms with Crippen LogP contribution < -0.4 is 5.32 Å². The Morgan fingerprint density at radius 1 is 1.18 bits per heavy atom. The van der Waals surface area contributed by atoms with Gasteiger partial charge in [-0.15, -0.1) is 0 Å². The first-order chi connectivity index (χ1) is 18.3. The summed E-state index contributed by atoms with van der Waals surface area (Å²) in [7, 11) is 1.25. The molecule has 1 aromatic heterocycles. The van der Waals surface area contributed by atoms with E-state index in [0.717, 1.165) is 22.3 Å². The number of alkyl halides is 3. The first-order valence-electron chi connectivity index (χ1n) is 13.1. The maximum Gasteiger partial charge on any atom is 0.392 e. The fourth-order valence-corrected chi connectivity index (χ4v) is 5.11. The predicted molar refractivity (Wildman–Crippen MR) is 140 cm³/mol. The van der Waals surface area contributed by atoms with E-state index in [-0.39, 0.29) is 31.7 Å². The number of carbonyl (C=O) groups excluding carboxylic acids is 3. The van der Waals surface area contributed by atoms with E-state index < -0.39 is 48.4 Å². The van der Waals surface area contributed by atoms with Gasteiger partial charge in [0.25, 0.3) is 0 Å². The Labute approximate surface area is 227 Å². The van der Waals surface area contributed by atoms with E-state index in [2.05, 4.69) is 10.3 Å². The summed E-state index contributed by atoms with van der Waals surface area (Å²) in [4.78, 5) is 44.3. The highest BCUT2D eigenvalue weighted by Gasteiger charge is 2.46. The van der Waals surface area contributed by atoms with E-state index in [1.165, 1.54) is 12.0 Å². The number of amides is 2. The van der Waals surface area contributed by atoms with Crippen molar-refractivity contribution in [3.05, 3.63) is 53.3 Å². The largest absolute Gasteiger partial charge is 0.469 e. The molecule has 1 fully saturated rings. The second-order valence-electron chi connectivity index (χ2n) is 10.6. The average molecular weight is 548 g/mol. The highest BCUT2D eigenvalue weighted by atomic mass is 19.4. The summed E-state index contributed by atoms with van der Waals surface area (Å²) in [5.74, 6) is -3.52. The number of rotatable bonds is 9. The zero-order chi connectivity index (χ0) is 28.9. The summed E-state index contributed by atoms with van der Waals surface area (Å²) in [5.41, 5.74) is 4.46. The number of nitrogens with one attached hydrogen (secondary N) is 1. The zero-order valence-electron chi connectivity index (χ0n) is 23.0. The molecule has 1 N–H and O–H groups in total. The van der Waals surface area contributed by atoms with Crippen molar-refractivity contribution in [1.82, 2.24) is 15.2 Å². The van der Waals surface area contributed by atoms with Crippen LogP contribution in [-0.2, 0) is 19.1 Å². The van der Waals surface area contributed by atoms with Gasteiger partial charge in [-0.1, -0.05) is 32.0 Å². The van der Waals surface area contributed by atoms with Gasteiger partial charge in [0.05, 0.1) is 25.5 Å².